The number of thiazole rings is 1. The topological polar surface area (TPSA) is 92.8 Å². The molecular formula is C24H30N4O4S. The maximum absolute atomic E-state index is 12.2. The summed E-state index contributed by atoms with van der Waals surface area (Å²) in [6.07, 6.45) is 2.70. The minimum atomic E-state index is -0.629. The number of amides is 2. The smallest absolute Gasteiger partial charge is 0.408 e. The average molecular weight is 471 g/mol. The number of carbonyl (C=O) groups is 2. The van der Waals surface area contributed by atoms with E-state index in [9.17, 15) is 9.59 Å². The summed E-state index contributed by atoms with van der Waals surface area (Å²) in [5, 5.41) is 7.58. The van der Waals surface area contributed by atoms with Crippen LogP contribution in [0.5, 0.6) is 0 Å². The number of nitrogens with zero attached hydrogens (tertiary/aromatic N) is 2. The molecule has 0 spiro atoms. The molecule has 2 aliphatic rings. The SMILES string of the molecule is CC(C)(C)OC(=O)NCC(=O)Nc1nc(-c2cccc(C3=CCN(C4COC4)CC3)c2)cs1. The Morgan fingerprint density at radius 2 is 2.06 bits per heavy atom. The molecule has 4 rings (SSSR count). The lowest BCUT2D eigenvalue weighted by molar-refractivity contribution is -0.115. The maximum atomic E-state index is 12.2. The first-order valence-corrected chi connectivity index (χ1v) is 12.0. The normalized spacial score (nSPS) is 17.1. The van der Waals surface area contributed by atoms with Crippen molar-refractivity contribution < 1.29 is 19.1 Å². The number of carbonyl (C=O) groups excluding carboxylic acids is 2. The molecule has 1 aromatic heterocycles. The first-order valence-electron chi connectivity index (χ1n) is 11.1. The third-order valence-electron chi connectivity index (χ3n) is 5.45. The fourth-order valence-corrected chi connectivity index (χ4v) is 4.42. The molecule has 0 saturated carbocycles. The second-order valence-electron chi connectivity index (χ2n) is 9.19. The minimum absolute atomic E-state index is 0.183. The molecule has 0 aliphatic carbocycles. The van der Waals surface area contributed by atoms with Crippen LogP contribution < -0.4 is 10.6 Å². The van der Waals surface area contributed by atoms with Crippen molar-refractivity contribution in [3.8, 4) is 11.3 Å². The van der Waals surface area contributed by atoms with Gasteiger partial charge in [-0.05, 0) is 44.4 Å². The maximum Gasteiger partial charge on any atom is 0.408 e. The second kappa shape index (κ2) is 10.0. The summed E-state index contributed by atoms with van der Waals surface area (Å²) in [6, 6.07) is 8.92. The lowest BCUT2D eigenvalue weighted by Gasteiger charge is -2.38. The van der Waals surface area contributed by atoms with Gasteiger partial charge in [0.2, 0.25) is 5.91 Å². The van der Waals surface area contributed by atoms with Crippen LogP contribution in [-0.2, 0) is 14.3 Å². The highest BCUT2D eigenvalue weighted by Crippen LogP contribution is 2.30. The van der Waals surface area contributed by atoms with Gasteiger partial charge < -0.3 is 20.1 Å². The number of anilines is 1. The fraction of sp³-hybridized carbons (Fsp3) is 0.458. The molecule has 176 valence electrons. The van der Waals surface area contributed by atoms with E-state index in [0.717, 1.165) is 44.0 Å². The zero-order valence-corrected chi connectivity index (χ0v) is 20.0. The molecule has 2 N–H and O–H groups in total. The number of ether oxygens (including phenoxy) is 2. The Hall–Kier alpha value is -2.75. The van der Waals surface area contributed by atoms with Crippen molar-refractivity contribution in [2.45, 2.75) is 38.8 Å². The van der Waals surface area contributed by atoms with Crippen molar-refractivity contribution in [1.29, 1.82) is 0 Å². The molecule has 0 atom stereocenters. The van der Waals surface area contributed by atoms with E-state index in [1.807, 2.05) is 17.5 Å². The van der Waals surface area contributed by atoms with Crippen molar-refractivity contribution in [2.24, 2.45) is 0 Å². The van der Waals surface area contributed by atoms with Crippen LogP contribution in [0.4, 0.5) is 9.93 Å². The van der Waals surface area contributed by atoms with Gasteiger partial charge in [0.05, 0.1) is 24.9 Å². The van der Waals surface area contributed by atoms with Gasteiger partial charge in [-0.25, -0.2) is 9.78 Å². The van der Waals surface area contributed by atoms with Crippen molar-refractivity contribution in [2.75, 3.05) is 38.2 Å². The number of hydrogen-bond acceptors (Lipinski definition) is 7. The van der Waals surface area contributed by atoms with Crippen LogP contribution in [0.15, 0.2) is 35.7 Å². The van der Waals surface area contributed by atoms with Gasteiger partial charge in [-0.3, -0.25) is 9.69 Å². The van der Waals surface area contributed by atoms with E-state index in [1.165, 1.54) is 22.5 Å². The molecule has 2 aliphatic heterocycles. The Labute approximate surface area is 198 Å². The fourth-order valence-electron chi connectivity index (χ4n) is 3.68. The van der Waals surface area contributed by atoms with Crippen LogP contribution in [0.1, 0.15) is 32.8 Å². The van der Waals surface area contributed by atoms with Crippen molar-refractivity contribution in [3.63, 3.8) is 0 Å². The predicted molar refractivity (Wildman–Crippen MR) is 129 cm³/mol. The summed E-state index contributed by atoms with van der Waals surface area (Å²) in [4.78, 5) is 30.9. The van der Waals surface area contributed by atoms with E-state index in [4.69, 9.17) is 9.47 Å². The Balaban J connectivity index is 1.33. The summed E-state index contributed by atoms with van der Waals surface area (Å²) < 4.78 is 10.4. The van der Waals surface area contributed by atoms with E-state index < -0.39 is 11.7 Å². The molecule has 2 amide bonds. The van der Waals surface area contributed by atoms with Crippen LogP contribution in [0.3, 0.4) is 0 Å². The largest absolute Gasteiger partial charge is 0.444 e. The van der Waals surface area contributed by atoms with Gasteiger partial charge in [0.15, 0.2) is 5.13 Å². The number of rotatable bonds is 6. The Kier molecular flexibility index (Phi) is 7.11. The Morgan fingerprint density at radius 3 is 2.73 bits per heavy atom. The van der Waals surface area contributed by atoms with Crippen LogP contribution >= 0.6 is 11.3 Å². The van der Waals surface area contributed by atoms with E-state index in [0.29, 0.717) is 11.2 Å². The highest BCUT2D eigenvalue weighted by atomic mass is 32.1. The average Bonchev–Trinajstić information content (AvgIpc) is 3.19. The van der Waals surface area contributed by atoms with Gasteiger partial charge in [0, 0.05) is 24.0 Å². The molecule has 1 saturated heterocycles. The predicted octanol–water partition coefficient (Wildman–Crippen LogP) is 3.76. The molecule has 9 heteroatoms. The first kappa shape index (κ1) is 23.4. The summed E-state index contributed by atoms with van der Waals surface area (Å²) in [5.74, 6) is -0.357. The highest BCUT2D eigenvalue weighted by Gasteiger charge is 2.27. The molecular weight excluding hydrogens is 440 g/mol. The summed E-state index contributed by atoms with van der Waals surface area (Å²) >= 11 is 1.35. The number of benzene rings is 1. The molecule has 2 aromatic rings. The summed E-state index contributed by atoms with van der Waals surface area (Å²) in [6.45, 7) is 8.81. The number of aromatic nitrogens is 1. The quantitative estimate of drug-likeness (QED) is 0.668. The summed E-state index contributed by atoms with van der Waals surface area (Å²) in [5.41, 5.74) is 3.76. The molecule has 0 unspecified atom stereocenters. The van der Waals surface area contributed by atoms with Gasteiger partial charge in [0.1, 0.15) is 12.1 Å². The van der Waals surface area contributed by atoms with Crippen molar-refractivity contribution in [1.82, 2.24) is 15.2 Å². The van der Waals surface area contributed by atoms with E-state index in [1.54, 1.807) is 20.8 Å². The van der Waals surface area contributed by atoms with Crippen LogP contribution in [0.2, 0.25) is 0 Å². The van der Waals surface area contributed by atoms with Crippen LogP contribution in [-0.4, -0.2) is 66.4 Å². The van der Waals surface area contributed by atoms with Gasteiger partial charge in [-0.15, -0.1) is 11.3 Å². The van der Waals surface area contributed by atoms with E-state index in [2.05, 4.69) is 38.7 Å². The molecule has 33 heavy (non-hydrogen) atoms. The van der Waals surface area contributed by atoms with Gasteiger partial charge >= 0.3 is 6.09 Å². The third-order valence-corrected chi connectivity index (χ3v) is 6.21. The molecule has 8 nitrogen and oxygen atoms in total. The number of nitrogens with one attached hydrogen (secondary N) is 2. The Bertz CT molecular complexity index is 1040. The van der Waals surface area contributed by atoms with E-state index in [-0.39, 0.29) is 12.5 Å². The second-order valence-corrected chi connectivity index (χ2v) is 10.0. The standard InChI is InChI=1S/C24H30N4O4S/c1-24(2,3)32-23(30)25-12-21(29)27-22-26-20(15-33-22)18-6-4-5-17(11-18)16-7-9-28(10-8-16)19-13-31-14-19/h4-7,11,15,19H,8-10,12-14H2,1-3H3,(H,25,30)(H,26,27,29). The van der Waals surface area contributed by atoms with E-state index >= 15 is 0 Å². The third kappa shape index (κ3) is 6.40. The zero-order valence-electron chi connectivity index (χ0n) is 19.2. The zero-order chi connectivity index (χ0) is 23.4. The lowest BCUT2D eigenvalue weighted by atomic mass is 9.96. The Morgan fingerprint density at radius 1 is 1.27 bits per heavy atom. The highest BCUT2D eigenvalue weighted by molar-refractivity contribution is 7.14. The summed E-state index contributed by atoms with van der Waals surface area (Å²) in [7, 11) is 0. The first-order chi connectivity index (χ1) is 15.8. The molecule has 1 aromatic carbocycles. The van der Waals surface area contributed by atoms with Gasteiger partial charge in [-0.2, -0.15) is 0 Å². The molecule has 0 bridgehead atoms. The molecule has 3 heterocycles. The molecule has 1 fully saturated rings. The number of hydrogen-bond donors (Lipinski definition) is 2. The van der Waals surface area contributed by atoms with Gasteiger partial charge in [0.25, 0.3) is 0 Å². The minimum Gasteiger partial charge on any atom is -0.444 e. The van der Waals surface area contributed by atoms with Crippen LogP contribution in [0.25, 0.3) is 16.8 Å². The van der Waals surface area contributed by atoms with Gasteiger partial charge in [-0.1, -0.05) is 24.3 Å². The van der Waals surface area contributed by atoms with Crippen LogP contribution in [0, 0.1) is 0 Å². The monoisotopic (exact) mass is 470 g/mol. The van der Waals surface area contributed by atoms with Crippen molar-refractivity contribution in [3.05, 3.63) is 41.3 Å². The number of alkyl carbamates (subject to hydrolysis) is 1. The van der Waals surface area contributed by atoms with Crippen molar-refractivity contribution >= 4 is 34.0 Å². The lowest BCUT2D eigenvalue weighted by Crippen LogP contribution is -2.50. The molecule has 0 radical (unpaired) electrons.